The van der Waals surface area contributed by atoms with Crippen LogP contribution in [0.2, 0.25) is 0 Å². The van der Waals surface area contributed by atoms with E-state index in [1.807, 2.05) is 24.3 Å². The molecule has 1 aliphatic heterocycles. The number of pyridine rings is 1. The van der Waals surface area contributed by atoms with Gasteiger partial charge in [-0.25, -0.2) is 4.98 Å². The highest BCUT2D eigenvalue weighted by Gasteiger charge is 2.14. The fourth-order valence-electron chi connectivity index (χ4n) is 2.50. The summed E-state index contributed by atoms with van der Waals surface area (Å²) >= 11 is 3.35. The monoisotopic (exact) mass is 345 g/mol. The molecule has 5 heteroatoms. The third kappa shape index (κ3) is 3.24. The molecule has 21 heavy (non-hydrogen) atoms. The molecule has 0 unspecified atom stereocenters. The maximum atomic E-state index is 12.3. The number of carbonyl (C=O) groups is 1. The Morgan fingerprint density at radius 2 is 2.00 bits per heavy atom. The van der Waals surface area contributed by atoms with Gasteiger partial charge >= 0.3 is 0 Å². The van der Waals surface area contributed by atoms with Crippen molar-refractivity contribution < 1.29 is 4.79 Å². The standard InChI is InChI=1S/C16H16BrN3O/c17-14-7-4-8-18-15(14)16(21)19-12-5-3-6-13(11-12)20-9-1-2-10-20/h3-8,11H,1-2,9-10H2,(H,19,21). The molecule has 0 atom stereocenters. The van der Waals surface area contributed by atoms with Gasteiger partial charge in [0.25, 0.3) is 5.91 Å². The molecule has 0 radical (unpaired) electrons. The minimum absolute atomic E-state index is 0.207. The molecule has 0 aliphatic carbocycles. The molecule has 2 aromatic rings. The van der Waals surface area contributed by atoms with Gasteiger partial charge in [-0.1, -0.05) is 6.07 Å². The average Bonchev–Trinajstić information content (AvgIpc) is 3.02. The summed E-state index contributed by atoms with van der Waals surface area (Å²) in [6, 6.07) is 11.6. The number of anilines is 2. The Morgan fingerprint density at radius 3 is 2.76 bits per heavy atom. The third-order valence-electron chi connectivity index (χ3n) is 3.55. The Morgan fingerprint density at radius 1 is 1.19 bits per heavy atom. The zero-order valence-electron chi connectivity index (χ0n) is 11.6. The van der Waals surface area contributed by atoms with Crippen LogP contribution in [-0.4, -0.2) is 24.0 Å². The van der Waals surface area contributed by atoms with Gasteiger partial charge in [0.15, 0.2) is 0 Å². The number of aromatic nitrogens is 1. The van der Waals surface area contributed by atoms with E-state index in [1.165, 1.54) is 12.8 Å². The molecule has 1 aromatic carbocycles. The van der Waals surface area contributed by atoms with E-state index in [2.05, 4.69) is 37.2 Å². The Bertz CT molecular complexity index is 653. The smallest absolute Gasteiger partial charge is 0.275 e. The van der Waals surface area contributed by atoms with Crippen LogP contribution >= 0.6 is 15.9 Å². The number of nitrogens with zero attached hydrogens (tertiary/aromatic N) is 2. The summed E-state index contributed by atoms with van der Waals surface area (Å²) in [5, 5.41) is 2.90. The lowest BCUT2D eigenvalue weighted by molar-refractivity contribution is 0.102. The van der Waals surface area contributed by atoms with Crippen LogP contribution in [0.15, 0.2) is 47.1 Å². The molecule has 3 rings (SSSR count). The maximum Gasteiger partial charge on any atom is 0.275 e. The van der Waals surface area contributed by atoms with Gasteiger partial charge in [-0.05, 0) is 59.1 Å². The fourth-order valence-corrected chi connectivity index (χ4v) is 2.93. The van der Waals surface area contributed by atoms with Crippen molar-refractivity contribution in [2.45, 2.75) is 12.8 Å². The molecule has 1 aliphatic rings. The van der Waals surface area contributed by atoms with E-state index in [9.17, 15) is 4.79 Å². The maximum absolute atomic E-state index is 12.3. The molecular weight excluding hydrogens is 330 g/mol. The van der Waals surface area contributed by atoms with Crippen LogP contribution in [-0.2, 0) is 0 Å². The number of hydrogen-bond donors (Lipinski definition) is 1. The van der Waals surface area contributed by atoms with E-state index in [-0.39, 0.29) is 5.91 Å². The highest BCUT2D eigenvalue weighted by atomic mass is 79.9. The number of benzene rings is 1. The molecule has 1 saturated heterocycles. The predicted octanol–water partition coefficient (Wildman–Crippen LogP) is 3.70. The minimum atomic E-state index is -0.207. The van der Waals surface area contributed by atoms with Crippen molar-refractivity contribution >= 4 is 33.2 Å². The zero-order chi connectivity index (χ0) is 14.7. The third-order valence-corrected chi connectivity index (χ3v) is 4.19. The second-order valence-electron chi connectivity index (χ2n) is 5.03. The number of carbonyl (C=O) groups excluding carboxylic acids is 1. The largest absolute Gasteiger partial charge is 0.371 e. The van der Waals surface area contributed by atoms with E-state index >= 15 is 0 Å². The van der Waals surface area contributed by atoms with E-state index in [0.717, 1.165) is 24.5 Å². The first-order valence-electron chi connectivity index (χ1n) is 7.01. The lowest BCUT2D eigenvalue weighted by Crippen LogP contribution is -2.18. The molecule has 0 saturated carbocycles. The van der Waals surface area contributed by atoms with E-state index in [0.29, 0.717) is 10.2 Å². The van der Waals surface area contributed by atoms with Crippen LogP contribution < -0.4 is 10.2 Å². The Balaban J connectivity index is 1.77. The van der Waals surface area contributed by atoms with E-state index in [4.69, 9.17) is 0 Å². The van der Waals surface area contributed by atoms with Gasteiger partial charge in [0.1, 0.15) is 5.69 Å². The second-order valence-corrected chi connectivity index (χ2v) is 5.89. The quantitative estimate of drug-likeness (QED) is 0.922. The Hall–Kier alpha value is -1.88. The SMILES string of the molecule is O=C(Nc1cccc(N2CCCC2)c1)c1ncccc1Br. The van der Waals surface area contributed by atoms with Crippen LogP contribution in [0.4, 0.5) is 11.4 Å². The highest BCUT2D eigenvalue weighted by Crippen LogP contribution is 2.24. The molecule has 0 spiro atoms. The van der Waals surface area contributed by atoms with Gasteiger partial charge in [0, 0.05) is 35.1 Å². The minimum Gasteiger partial charge on any atom is -0.371 e. The van der Waals surface area contributed by atoms with Crippen molar-refractivity contribution in [3.8, 4) is 0 Å². The van der Waals surface area contributed by atoms with Gasteiger partial charge in [-0.3, -0.25) is 4.79 Å². The first-order valence-corrected chi connectivity index (χ1v) is 7.80. The molecule has 1 aromatic heterocycles. The molecule has 4 nitrogen and oxygen atoms in total. The lowest BCUT2D eigenvalue weighted by atomic mass is 10.2. The van der Waals surface area contributed by atoms with Crippen molar-refractivity contribution in [1.82, 2.24) is 4.98 Å². The number of amides is 1. The van der Waals surface area contributed by atoms with E-state index < -0.39 is 0 Å². The summed E-state index contributed by atoms with van der Waals surface area (Å²) < 4.78 is 0.693. The Kier molecular flexibility index (Phi) is 4.20. The van der Waals surface area contributed by atoms with Crippen LogP contribution in [0.3, 0.4) is 0 Å². The molecule has 108 valence electrons. The summed E-state index contributed by atoms with van der Waals surface area (Å²) in [5.74, 6) is -0.207. The molecule has 1 amide bonds. The summed E-state index contributed by atoms with van der Waals surface area (Å²) in [6.07, 6.45) is 4.08. The van der Waals surface area contributed by atoms with Crippen molar-refractivity contribution in [2.24, 2.45) is 0 Å². The number of halogens is 1. The number of rotatable bonds is 3. The number of hydrogen-bond acceptors (Lipinski definition) is 3. The average molecular weight is 346 g/mol. The Labute approximate surface area is 132 Å². The normalized spacial score (nSPS) is 14.2. The second kappa shape index (κ2) is 6.26. The summed E-state index contributed by atoms with van der Waals surface area (Å²) in [5.41, 5.74) is 2.34. The topological polar surface area (TPSA) is 45.2 Å². The first kappa shape index (κ1) is 14.1. The zero-order valence-corrected chi connectivity index (χ0v) is 13.1. The summed E-state index contributed by atoms with van der Waals surface area (Å²) in [4.78, 5) is 18.7. The van der Waals surface area contributed by atoms with Crippen LogP contribution in [0.5, 0.6) is 0 Å². The van der Waals surface area contributed by atoms with Gasteiger partial charge in [-0.15, -0.1) is 0 Å². The van der Waals surface area contributed by atoms with Crippen LogP contribution in [0.1, 0.15) is 23.3 Å². The van der Waals surface area contributed by atoms with E-state index in [1.54, 1.807) is 12.3 Å². The van der Waals surface area contributed by atoms with Crippen molar-refractivity contribution in [3.05, 3.63) is 52.8 Å². The lowest BCUT2D eigenvalue weighted by Gasteiger charge is -2.18. The fraction of sp³-hybridized carbons (Fsp3) is 0.250. The summed E-state index contributed by atoms with van der Waals surface area (Å²) in [6.45, 7) is 2.17. The van der Waals surface area contributed by atoms with Crippen molar-refractivity contribution in [3.63, 3.8) is 0 Å². The van der Waals surface area contributed by atoms with Crippen molar-refractivity contribution in [1.29, 1.82) is 0 Å². The van der Waals surface area contributed by atoms with Gasteiger partial charge in [0.2, 0.25) is 0 Å². The van der Waals surface area contributed by atoms with Crippen LogP contribution in [0.25, 0.3) is 0 Å². The van der Waals surface area contributed by atoms with Crippen LogP contribution in [0, 0.1) is 0 Å². The predicted molar refractivity (Wildman–Crippen MR) is 87.8 cm³/mol. The molecule has 1 fully saturated rings. The molecule has 1 N–H and O–H groups in total. The van der Waals surface area contributed by atoms with Gasteiger partial charge in [-0.2, -0.15) is 0 Å². The first-order chi connectivity index (χ1) is 10.2. The van der Waals surface area contributed by atoms with Gasteiger partial charge < -0.3 is 10.2 Å². The number of nitrogens with one attached hydrogen (secondary N) is 1. The molecular formula is C16H16BrN3O. The highest BCUT2D eigenvalue weighted by molar-refractivity contribution is 9.10. The summed E-state index contributed by atoms with van der Waals surface area (Å²) in [7, 11) is 0. The molecule has 0 bridgehead atoms. The molecule has 2 heterocycles. The van der Waals surface area contributed by atoms with Gasteiger partial charge in [0.05, 0.1) is 0 Å². The van der Waals surface area contributed by atoms with Crippen molar-refractivity contribution in [2.75, 3.05) is 23.3 Å².